The van der Waals surface area contributed by atoms with Gasteiger partial charge in [-0.2, -0.15) is 13.6 Å². The first kappa shape index (κ1) is 61.8. The Labute approximate surface area is 454 Å². The van der Waals surface area contributed by atoms with Gasteiger partial charge in [-0.05, 0) is 52.5 Å². The number of hydrogen-bond acceptors (Lipinski definition) is 14. The lowest BCUT2D eigenvalue weighted by Gasteiger charge is -2.22. The summed E-state index contributed by atoms with van der Waals surface area (Å²) in [6.07, 6.45) is 1.38. The first-order valence-electron chi connectivity index (χ1n) is 23.3. The number of amides is 4. The summed E-state index contributed by atoms with van der Waals surface area (Å²) in [5, 5.41) is 6.40. The second kappa shape index (κ2) is 26.4. The number of isocyanates is 1. The molecule has 74 heavy (non-hydrogen) atoms. The van der Waals surface area contributed by atoms with Gasteiger partial charge in [0.05, 0.1) is 54.3 Å². The molecule has 0 saturated carbocycles. The van der Waals surface area contributed by atoms with Crippen LogP contribution in [-0.2, 0) is 35.7 Å². The van der Waals surface area contributed by atoms with E-state index in [0.29, 0.717) is 60.6 Å². The van der Waals surface area contributed by atoms with E-state index < -0.39 is 37.4 Å². The number of nitrogens with one attached hydrogen (secondary N) is 2. The number of carbonyl (C=O) groups is 3. The number of nitrogens with zero attached hydrogens (tertiary/aromatic N) is 7. The van der Waals surface area contributed by atoms with Gasteiger partial charge >= 0.3 is 6.03 Å². The molecule has 4 N–H and O–H groups in total. The summed E-state index contributed by atoms with van der Waals surface area (Å²) in [4.78, 5) is 59.1. The van der Waals surface area contributed by atoms with Crippen LogP contribution >= 0.6 is 46.4 Å². The van der Waals surface area contributed by atoms with E-state index in [1.54, 1.807) is 48.5 Å². The van der Waals surface area contributed by atoms with Crippen molar-refractivity contribution in [2.75, 3.05) is 122 Å². The molecule has 20 nitrogen and oxygen atoms in total. The molecule has 0 aliphatic carbocycles. The quantitative estimate of drug-likeness (QED) is 0.0955. The van der Waals surface area contributed by atoms with E-state index >= 15 is 0 Å². The number of carbonyl (C=O) groups excluding carboxylic acids is 4. The third-order valence-electron chi connectivity index (χ3n) is 11.3. The topological polar surface area (TPSA) is 245 Å². The minimum Gasteiger partial charge on any atom is -0.453 e. The summed E-state index contributed by atoms with van der Waals surface area (Å²) < 4.78 is 64.9. The predicted octanol–water partition coefficient (Wildman–Crippen LogP) is 7.95. The largest absolute Gasteiger partial charge is 0.453 e. The normalized spacial score (nSPS) is 16.2. The number of aliphatic imine (C=N–C) groups is 1. The molecule has 2 aliphatic rings. The zero-order chi connectivity index (χ0) is 55.5. The number of nitrogen functional groups attached to an aromatic ring is 1. The number of furan rings is 2. The molecule has 4 aromatic rings. The number of benzene rings is 2. The third-order valence-corrected chi connectivity index (χ3v) is 16.7. The molecule has 26 heteroatoms. The molecule has 4 amide bonds. The van der Waals surface area contributed by atoms with E-state index in [4.69, 9.17) is 61.0 Å². The molecule has 0 radical (unpaired) electrons. The van der Waals surface area contributed by atoms with E-state index in [2.05, 4.69) is 15.6 Å². The van der Waals surface area contributed by atoms with Crippen LogP contribution in [-0.4, -0.2) is 174 Å². The standard InChI is InChI=1S/C24H33Cl2N5O5S.C17H30N4O4S.C7H3Cl2NO/c1-24(2,3)19-15-18(28-23(33)27-17-8-6-7-16(25)20(17)26)21(36-19)22(32)30-10-12-31(11-9-29(4)5)37(34,35)14-13-30;1-17(2,3)14-12-13(18)15(25-14)16(22)20-7-9-21(8-6-19(4)5)26(23,24)11-10-20;8-5-2-1-3-6(7(5)9)10-4-11/h6-8,15H,9-14H2,1-5H3,(H2,27,28,33);12H,6-11,18H2,1-5H3;1-3H. The monoisotopic (exact) mass is 1150 g/mol. The minimum atomic E-state index is -3.51. The van der Waals surface area contributed by atoms with Crippen LogP contribution < -0.4 is 16.4 Å². The number of halogens is 4. The number of anilines is 3. The van der Waals surface area contributed by atoms with Gasteiger partial charge in [0, 0.05) is 88.4 Å². The summed E-state index contributed by atoms with van der Waals surface area (Å²) >= 11 is 23.5. The van der Waals surface area contributed by atoms with Crippen LogP contribution in [0.1, 0.15) is 74.2 Å². The summed E-state index contributed by atoms with van der Waals surface area (Å²) in [7, 11) is 0.635. The van der Waals surface area contributed by atoms with E-state index in [1.165, 1.54) is 24.5 Å². The maximum Gasteiger partial charge on any atom is 0.323 e. The highest BCUT2D eigenvalue weighted by Crippen LogP contribution is 2.34. The third kappa shape index (κ3) is 17.4. The molecule has 0 unspecified atom stereocenters. The summed E-state index contributed by atoms with van der Waals surface area (Å²) in [6, 6.07) is 12.3. The lowest BCUT2D eigenvalue weighted by atomic mass is 9.93. The van der Waals surface area contributed by atoms with Crippen molar-refractivity contribution < 1.29 is 44.8 Å². The SMILES string of the molecule is CN(C)CCN1CCN(C(=O)c2oc(C(C)(C)C)cc2N)CCS1(=O)=O.CN(C)CCN1CCN(C(=O)c2oc(C(C)(C)C)cc2NC(=O)Nc2cccc(Cl)c2Cl)CCS1(=O)=O.O=C=Nc1cccc(Cl)c1Cl. The first-order valence-corrected chi connectivity index (χ1v) is 28.0. The molecule has 0 bridgehead atoms. The molecule has 408 valence electrons. The molecule has 2 aromatic heterocycles. The number of urea groups is 1. The molecule has 6 rings (SSSR count). The van der Waals surface area contributed by atoms with Gasteiger partial charge in [0.1, 0.15) is 11.5 Å². The van der Waals surface area contributed by atoms with Crippen molar-refractivity contribution in [3.8, 4) is 0 Å². The molecular formula is C48H66Cl4N10O10S2. The van der Waals surface area contributed by atoms with Crippen molar-refractivity contribution >= 4 is 113 Å². The van der Waals surface area contributed by atoms with Gasteiger partial charge in [0.15, 0.2) is 0 Å². The molecule has 4 heterocycles. The Morgan fingerprint density at radius 2 is 1.11 bits per heavy atom. The van der Waals surface area contributed by atoms with Crippen LogP contribution in [0.2, 0.25) is 20.1 Å². The molecule has 2 saturated heterocycles. The number of likely N-dealkylation sites (N-methyl/N-ethyl adjacent to an activating group) is 2. The fourth-order valence-corrected chi connectivity index (χ4v) is 10.5. The number of nitrogens with two attached hydrogens (primary N) is 1. The van der Waals surface area contributed by atoms with E-state index in [9.17, 15) is 36.0 Å². The van der Waals surface area contributed by atoms with Crippen molar-refractivity contribution in [3.63, 3.8) is 0 Å². The number of hydrogen-bond donors (Lipinski definition) is 3. The Morgan fingerprint density at radius 1 is 0.662 bits per heavy atom. The zero-order valence-corrected chi connectivity index (χ0v) is 47.9. The summed E-state index contributed by atoms with van der Waals surface area (Å²) in [5.41, 5.74) is 6.35. The highest BCUT2D eigenvalue weighted by atomic mass is 35.5. The van der Waals surface area contributed by atoms with Crippen LogP contribution in [0.3, 0.4) is 0 Å². The van der Waals surface area contributed by atoms with E-state index in [-0.39, 0.29) is 93.5 Å². The highest BCUT2D eigenvalue weighted by molar-refractivity contribution is 7.89. The second-order valence-electron chi connectivity index (χ2n) is 19.8. The van der Waals surface area contributed by atoms with Gasteiger partial charge < -0.3 is 44.8 Å². The number of sulfonamides is 2. The van der Waals surface area contributed by atoms with Crippen LogP contribution in [0.4, 0.5) is 27.5 Å². The van der Waals surface area contributed by atoms with Crippen molar-refractivity contribution in [3.05, 3.63) is 91.7 Å². The smallest absolute Gasteiger partial charge is 0.323 e. The average molecular weight is 1150 g/mol. The fraction of sp³-hybridized carbons (Fsp3) is 0.500. The van der Waals surface area contributed by atoms with Gasteiger partial charge in [-0.1, -0.05) is 100 Å². The molecule has 0 atom stereocenters. The lowest BCUT2D eigenvalue weighted by Crippen LogP contribution is -2.39. The Hall–Kier alpha value is -4.71. The Bertz CT molecular complexity index is 2890. The van der Waals surface area contributed by atoms with Crippen molar-refractivity contribution in [1.29, 1.82) is 0 Å². The summed E-state index contributed by atoms with van der Waals surface area (Å²) in [5.74, 6) is -0.0196. The van der Waals surface area contributed by atoms with Crippen LogP contribution in [0, 0.1) is 0 Å². The minimum absolute atomic E-state index is 0.00887. The Kier molecular flexibility index (Phi) is 22.0. The zero-order valence-electron chi connectivity index (χ0n) is 43.2. The van der Waals surface area contributed by atoms with Crippen molar-refractivity contribution in [1.82, 2.24) is 28.2 Å². The molecule has 0 spiro atoms. The maximum atomic E-state index is 13.5. The predicted molar refractivity (Wildman–Crippen MR) is 292 cm³/mol. The van der Waals surface area contributed by atoms with Crippen LogP contribution in [0.5, 0.6) is 0 Å². The van der Waals surface area contributed by atoms with E-state index in [0.717, 1.165) is 0 Å². The lowest BCUT2D eigenvalue weighted by molar-refractivity contribution is 0.0723. The van der Waals surface area contributed by atoms with Gasteiger partial charge in [-0.15, -0.1) is 0 Å². The van der Waals surface area contributed by atoms with Gasteiger partial charge in [-0.25, -0.2) is 26.4 Å². The second-order valence-corrected chi connectivity index (χ2v) is 25.6. The molecular weight excluding hydrogens is 1080 g/mol. The summed E-state index contributed by atoms with van der Waals surface area (Å²) in [6.45, 7) is 14.7. The molecule has 2 aromatic carbocycles. The number of rotatable bonds is 11. The highest BCUT2D eigenvalue weighted by Gasteiger charge is 2.35. The van der Waals surface area contributed by atoms with Crippen molar-refractivity contribution in [2.24, 2.45) is 4.99 Å². The first-order chi connectivity index (χ1) is 34.4. The van der Waals surface area contributed by atoms with Crippen molar-refractivity contribution in [2.45, 2.75) is 52.4 Å². The van der Waals surface area contributed by atoms with Crippen LogP contribution in [0.25, 0.3) is 0 Å². The molecule has 2 fully saturated rings. The molecule has 2 aliphatic heterocycles. The van der Waals surface area contributed by atoms with E-state index in [1.807, 2.05) is 79.5 Å². The Morgan fingerprint density at radius 3 is 1.58 bits per heavy atom. The van der Waals surface area contributed by atoms with Gasteiger partial charge in [0.25, 0.3) is 11.8 Å². The van der Waals surface area contributed by atoms with Gasteiger partial charge in [-0.3, -0.25) is 9.59 Å². The fourth-order valence-electron chi connectivity index (χ4n) is 6.95. The Balaban J connectivity index is 0.000000276. The van der Waals surface area contributed by atoms with Gasteiger partial charge in [0.2, 0.25) is 37.6 Å². The van der Waals surface area contributed by atoms with Crippen LogP contribution in [0.15, 0.2) is 62.4 Å². The average Bonchev–Trinajstić information content (AvgIpc) is 3.84. The maximum absolute atomic E-state index is 13.5.